The number of allylic oxidation sites excluding steroid dienone is 1. The number of aromatic carboxylic acids is 1. The largest absolute Gasteiger partial charge is 0.478 e. The highest BCUT2D eigenvalue weighted by molar-refractivity contribution is 5.92. The van der Waals surface area contributed by atoms with E-state index in [9.17, 15) is 9.59 Å². The van der Waals surface area contributed by atoms with Crippen LogP contribution in [0.4, 0.5) is 0 Å². The van der Waals surface area contributed by atoms with Gasteiger partial charge in [-0.15, -0.1) is 6.58 Å². The zero-order chi connectivity index (χ0) is 12.1. The lowest BCUT2D eigenvalue weighted by Gasteiger charge is -2.10. The Kier molecular flexibility index (Phi) is 3.83. The van der Waals surface area contributed by atoms with Gasteiger partial charge >= 0.3 is 11.9 Å². The Morgan fingerprint density at radius 3 is 2.69 bits per heavy atom. The van der Waals surface area contributed by atoms with Crippen LogP contribution >= 0.6 is 0 Å². The van der Waals surface area contributed by atoms with E-state index in [2.05, 4.69) is 6.58 Å². The summed E-state index contributed by atoms with van der Waals surface area (Å²) in [5, 5.41) is 8.95. The lowest BCUT2D eigenvalue weighted by molar-refractivity contribution is -0.131. The van der Waals surface area contributed by atoms with Gasteiger partial charge in [0.25, 0.3) is 0 Å². The maximum absolute atomic E-state index is 10.9. The van der Waals surface area contributed by atoms with E-state index in [4.69, 9.17) is 9.84 Å². The highest BCUT2D eigenvalue weighted by Crippen LogP contribution is 2.25. The predicted molar refractivity (Wildman–Crippen MR) is 58.6 cm³/mol. The standard InChI is InChI=1S/C12H12O4/c1-3-5-9-6-4-7-10(12(14)15)11(9)16-8(2)13/h3-4,6-7H,1,5H2,2H3,(H,14,15). The van der Waals surface area contributed by atoms with Crippen LogP contribution in [0.5, 0.6) is 5.75 Å². The van der Waals surface area contributed by atoms with Gasteiger partial charge in [0.15, 0.2) is 0 Å². The molecular weight excluding hydrogens is 208 g/mol. The van der Waals surface area contributed by atoms with E-state index in [1.54, 1.807) is 18.2 Å². The molecule has 0 unspecified atom stereocenters. The average molecular weight is 220 g/mol. The van der Waals surface area contributed by atoms with Crippen LogP contribution in [0, 0.1) is 0 Å². The molecule has 1 N–H and O–H groups in total. The van der Waals surface area contributed by atoms with Crippen molar-refractivity contribution < 1.29 is 19.4 Å². The van der Waals surface area contributed by atoms with Crippen LogP contribution in [0.15, 0.2) is 30.9 Å². The second-order valence-electron chi connectivity index (χ2n) is 3.19. The van der Waals surface area contributed by atoms with Crippen molar-refractivity contribution in [2.45, 2.75) is 13.3 Å². The second-order valence-corrected chi connectivity index (χ2v) is 3.19. The first-order valence-corrected chi connectivity index (χ1v) is 4.70. The fraction of sp³-hybridized carbons (Fsp3) is 0.167. The van der Waals surface area contributed by atoms with Crippen molar-refractivity contribution in [1.82, 2.24) is 0 Å². The molecule has 84 valence electrons. The minimum atomic E-state index is -1.12. The highest BCUT2D eigenvalue weighted by Gasteiger charge is 2.16. The fourth-order valence-corrected chi connectivity index (χ4v) is 1.33. The number of carbonyl (C=O) groups is 2. The van der Waals surface area contributed by atoms with Gasteiger partial charge in [0.2, 0.25) is 0 Å². The van der Waals surface area contributed by atoms with Crippen LogP contribution in [0.25, 0.3) is 0 Å². The molecule has 0 aliphatic rings. The maximum Gasteiger partial charge on any atom is 0.339 e. The molecule has 4 heteroatoms. The van der Waals surface area contributed by atoms with Gasteiger partial charge in [-0.05, 0) is 18.1 Å². The molecular formula is C12H12O4. The summed E-state index contributed by atoms with van der Waals surface area (Å²) in [6.07, 6.45) is 2.07. The van der Waals surface area contributed by atoms with Crippen LogP contribution in [0.2, 0.25) is 0 Å². The molecule has 0 radical (unpaired) electrons. The van der Waals surface area contributed by atoms with Crippen molar-refractivity contribution in [2.75, 3.05) is 0 Å². The molecule has 0 saturated heterocycles. The van der Waals surface area contributed by atoms with Crippen molar-refractivity contribution in [3.63, 3.8) is 0 Å². The zero-order valence-electron chi connectivity index (χ0n) is 8.90. The van der Waals surface area contributed by atoms with E-state index >= 15 is 0 Å². The smallest absolute Gasteiger partial charge is 0.339 e. The summed E-state index contributed by atoms with van der Waals surface area (Å²) in [7, 11) is 0. The third kappa shape index (κ3) is 2.70. The minimum absolute atomic E-state index is 0.0189. The van der Waals surface area contributed by atoms with Crippen LogP contribution in [-0.4, -0.2) is 17.0 Å². The number of benzene rings is 1. The molecule has 0 aliphatic heterocycles. The first kappa shape index (κ1) is 12.0. The lowest BCUT2D eigenvalue weighted by atomic mass is 10.1. The maximum atomic E-state index is 10.9. The van der Waals surface area contributed by atoms with Gasteiger partial charge in [-0.25, -0.2) is 4.79 Å². The van der Waals surface area contributed by atoms with Crippen molar-refractivity contribution in [1.29, 1.82) is 0 Å². The van der Waals surface area contributed by atoms with E-state index in [1.165, 1.54) is 13.0 Å². The molecule has 4 nitrogen and oxygen atoms in total. The lowest BCUT2D eigenvalue weighted by Crippen LogP contribution is -2.09. The normalized spacial score (nSPS) is 9.56. The van der Waals surface area contributed by atoms with Gasteiger partial charge in [-0.3, -0.25) is 4.79 Å². The summed E-state index contributed by atoms with van der Waals surface area (Å²) in [6, 6.07) is 4.70. The number of carboxylic acids is 1. The molecule has 0 atom stereocenters. The van der Waals surface area contributed by atoms with E-state index in [0.29, 0.717) is 12.0 Å². The number of carbonyl (C=O) groups excluding carboxylic acids is 1. The molecule has 0 aliphatic carbocycles. The predicted octanol–water partition coefficient (Wildman–Crippen LogP) is 2.04. The molecule has 0 bridgehead atoms. The van der Waals surface area contributed by atoms with Gasteiger partial charge in [-0.2, -0.15) is 0 Å². The molecule has 0 heterocycles. The molecule has 16 heavy (non-hydrogen) atoms. The second kappa shape index (κ2) is 5.11. The SMILES string of the molecule is C=CCc1cccc(C(=O)O)c1OC(C)=O. The average Bonchev–Trinajstić information content (AvgIpc) is 2.19. The summed E-state index contributed by atoms with van der Waals surface area (Å²) >= 11 is 0. The quantitative estimate of drug-likeness (QED) is 0.479. The summed E-state index contributed by atoms with van der Waals surface area (Å²) < 4.78 is 4.92. The van der Waals surface area contributed by atoms with E-state index in [1.807, 2.05) is 0 Å². The van der Waals surface area contributed by atoms with Gasteiger partial charge in [0.1, 0.15) is 11.3 Å². The Balaban J connectivity index is 3.27. The molecule has 0 fully saturated rings. The molecule has 0 spiro atoms. The summed E-state index contributed by atoms with van der Waals surface area (Å²) in [5.41, 5.74) is 0.611. The Morgan fingerprint density at radius 1 is 1.50 bits per heavy atom. The van der Waals surface area contributed by atoms with Crippen molar-refractivity contribution in [3.05, 3.63) is 42.0 Å². The number of carboxylic acid groups (broad SMARTS) is 1. The molecule has 1 aromatic carbocycles. The Bertz CT molecular complexity index is 435. The van der Waals surface area contributed by atoms with Gasteiger partial charge in [0.05, 0.1) is 0 Å². The minimum Gasteiger partial charge on any atom is -0.478 e. The van der Waals surface area contributed by atoms with Crippen LogP contribution in [-0.2, 0) is 11.2 Å². The van der Waals surface area contributed by atoms with Crippen molar-refractivity contribution in [3.8, 4) is 5.75 Å². The van der Waals surface area contributed by atoms with Crippen molar-refractivity contribution in [2.24, 2.45) is 0 Å². The Labute approximate surface area is 93.2 Å². The third-order valence-corrected chi connectivity index (χ3v) is 1.94. The van der Waals surface area contributed by atoms with Gasteiger partial charge < -0.3 is 9.84 Å². The van der Waals surface area contributed by atoms with Crippen LogP contribution in [0.3, 0.4) is 0 Å². The van der Waals surface area contributed by atoms with Gasteiger partial charge in [0, 0.05) is 6.92 Å². The zero-order valence-corrected chi connectivity index (χ0v) is 8.90. The number of hydrogen-bond donors (Lipinski definition) is 1. The Hall–Kier alpha value is -2.10. The Morgan fingerprint density at radius 2 is 2.19 bits per heavy atom. The number of ether oxygens (including phenoxy) is 1. The van der Waals surface area contributed by atoms with E-state index < -0.39 is 11.9 Å². The fourth-order valence-electron chi connectivity index (χ4n) is 1.33. The van der Waals surface area contributed by atoms with Crippen molar-refractivity contribution >= 4 is 11.9 Å². The van der Waals surface area contributed by atoms with E-state index in [0.717, 1.165) is 0 Å². The topological polar surface area (TPSA) is 63.6 Å². The molecule has 0 amide bonds. The van der Waals surface area contributed by atoms with Crippen LogP contribution < -0.4 is 4.74 Å². The summed E-state index contributed by atoms with van der Waals surface area (Å²) in [5.74, 6) is -1.57. The molecule has 1 rings (SSSR count). The molecule has 1 aromatic rings. The number of rotatable bonds is 4. The molecule has 0 aromatic heterocycles. The number of esters is 1. The third-order valence-electron chi connectivity index (χ3n) is 1.94. The van der Waals surface area contributed by atoms with Crippen LogP contribution in [0.1, 0.15) is 22.8 Å². The monoisotopic (exact) mass is 220 g/mol. The van der Waals surface area contributed by atoms with E-state index in [-0.39, 0.29) is 11.3 Å². The number of hydrogen-bond acceptors (Lipinski definition) is 3. The van der Waals surface area contributed by atoms with Gasteiger partial charge in [-0.1, -0.05) is 18.2 Å². The number of para-hydroxylation sites is 1. The summed E-state index contributed by atoms with van der Waals surface area (Å²) in [6.45, 7) is 4.80. The highest BCUT2D eigenvalue weighted by atomic mass is 16.5. The molecule has 0 saturated carbocycles. The first-order chi connectivity index (χ1) is 7.56. The summed E-state index contributed by atoms with van der Waals surface area (Å²) in [4.78, 5) is 21.8. The first-order valence-electron chi connectivity index (χ1n) is 4.70.